The monoisotopic (exact) mass is 401 g/mol. The van der Waals surface area contributed by atoms with E-state index in [-0.39, 0.29) is 11.7 Å². The summed E-state index contributed by atoms with van der Waals surface area (Å²) in [7, 11) is 1.75. The van der Waals surface area contributed by atoms with Gasteiger partial charge in [0.05, 0.1) is 11.1 Å². The summed E-state index contributed by atoms with van der Waals surface area (Å²) in [6.45, 7) is 0. The summed E-state index contributed by atoms with van der Waals surface area (Å²) in [5, 5.41) is 3.81. The third kappa shape index (κ3) is 3.57. The molecule has 0 saturated heterocycles. The van der Waals surface area contributed by atoms with Crippen LogP contribution in [0.4, 0.5) is 5.82 Å². The van der Waals surface area contributed by atoms with Gasteiger partial charge in [0.1, 0.15) is 16.3 Å². The molecule has 1 aliphatic rings. The number of carbonyl (C=O) groups excluding carboxylic acids is 2. The first kappa shape index (κ1) is 18.0. The third-order valence-electron chi connectivity index (χ3n) is 4.58. The maximum absolute atomic E-state index is 12.1. The molecule has 2 amide bonds. The second kappa shape index (κ2) is 7.32. The Bertz CT molecular complexity index is 1040. The zero-order valence-corrected chi connectivity index (χ0v) is 16.5. The van der Waals surface area contributed by atoms with Crippen molar-refractivity contribution in [3.05, 3.63) is 34.5 Å². The van der Waals surface area contributed by atoms with Crippen molar-refractivity contribution in [2.75, 3.05) is 11.5 Å². The maximum Gasteiger partial charge on any atom is 0.274 e. The van der Waals surface area contributed by atoms with E-state index in [9.17, 15) is 9.59 Å². The molecule has 3 aromatic heterocycles. The number of carbonyl (C=O) groups is 2. The molecule has 3 heterocycles. The molecular formula is C18H19N5O2S2. The standard InChI is InChI=1S/C18H19N5O2S2/c1-23-8-4-6-11(23)16(25)20-13(24)9-26-18-21-15(19)14-10-5-2-3-7-12(10)27-17(14)22-18/h4,6,8H,2-3,5,7,9H2,1H3,(H2,19,21,22)(H,20,24,25). The topological polar surface area (TPSA) is 103 Å². The number of aromatic nitrogens is 3. The normalized spacial score (nSPS) is 13.5. The van der Waals surface area contributed by atoms with Gasteiger partial charge in [0.25, 0.3) is 5.91 Å². The summed E-state index contributed by atoms with van der Waals surface area (Å²) >= 11 is 2.85. The molecule has 140 valence electrons. The summed E-state index contributed by atoms with van der Waals surface area (Å²) in [6.07, 6.45) is 6.22. The molecule has 3 N–H and O–H groups in total. The van der Waals surface area contributed by atoms with Gasteiger partial charge in [-0.2, -0.15) is 0 Å². The average molecular weight is 402 g/mol. The van der Waals surface area contributed by atoms with Crippen molar-refractivity contribution in [2.24, 2.45) is 7.05 Å². The largest absolute Gasteiger partial charge is 0.383 e. The van der Waals surface area contributed by atoms with Crippen molar-refractivity contribution in [3.63, 3.8) is 0 Å². The van der Waals surface area contributed by atoms with Crippen molar-refractivity contribution >= 4 is 50.9 Å². The van der Waals surface area contributed by atoms with E-state index in [2.05, 4.69) is 15.3 Å². The van der Waals surface area contributed by atoms with E-state index < -0.39 is 5.91 Å². The number of nitrogens with two attached hydrogens (primary N) is 1. The number of imide groups is 1. The van der Waals surface area contributed by atoms with Gasteiger partial charge < -0.3 is 10.3 Å². The van der Waals surface area contributed by atoms with Gasteiger partial charge in [0, 0.05) is 18.1 Å². The van der Waals surface area contributed by atoms with Crippen molar-refractivity contribution in [1.82, 2.24) is 19.9 Å². The molecule has 27 heavy (non-hydrogen) atoms. The molecule has 0 unspecified atom stereocenters. The molecule has 3 aromatic rings. The molecule has 4 rings (SSSR count). The van der Waals surface area contributed by atoms with E-state index in [0.29, 0.717) is 16.7 Å². The lowest BCUT2D eigenvalue weighted by Gasteiger charge is -2.10. The van der Waals surface area contributed by atoms with E-state index in [0.717, 1.165) is 23.1 Å². The maximum atomic E-state index is 12.1. The van der Waals surface area contributed by atoms with E-state index in [4.69, 9.17) is 5.73 Å². The number of thioether (sulfide) groups is 1. The number of thiophene rings is 1. The fourth-order valence-corrected chi connectivity index (χ4v) is 5.26. The van der Waals surface area contributed by atoms with Crippen molar-refractivity contribution in [3.8, 4) is 0 Å². The van der Waals surface area contributed by atoms with Crippen LogP contribution in [0.1, 0.15) is 33.8 Å². The number of amides is 2. The Morgan fingerprint density at radius 2 is 2.15 bits per heavy atom. The van der Waals surface area contributed by atoms with Gasteiger partial charge in [0.2, 0.25) is 5.91 Å². The molecule has 7 nitrogen and oxygen atoms in total. The number of aryl methyl sites for hydroxylation is 3. The molecular weight excluding hydrogens is 382 g/mol. The first-order valence-corrected chi connectivity index (χ1v) is 10.5. The molecule has 0 spiro atoms. The Morgan fingerprint density at radius 1 is 1.33 bits per heavy atom. The molecule has 0 aromatic carbocycles. The Kier molecular flexibility index (Phi) is 4.88. The minimum absolute atomic E-state index is 0.0478. The summed E-state index contributed by atoms with van der Waals surface area (Å²) in [4.78, 5) is 35.4. The van der Waals surface area contributed by atoms with Gasteiger partial charge in [-0.15, -0.1) is 11.3 Å². The van der Waals surface area contributed by atoms with Crippen LogP contribution in [0, 0.1) is 0 Å². The zero-order chi connectivity index (χ0) is 19.0. The molecule has 0 aliphatic heterocycles. The second-order valence-corrected chi connectivity index (χ2v) is 8.48. The Hall–Kier alpha value is -2.39. The first-order chi connectivity index (χ1) is 13.0. The van der Waals surface area contributed by atoms with Crippen LogP contribution >= 0.6 is 23.1 Å². The van der Waals surface area contributed by atoms with E-state index in [1.165, 1.54) is 35.0 Å². The number of hydrogen-bond donors (Lipinski definition) is 2. The zero-order valence-electron chi connectivity index (χ0n) is 14.8. The molecule has 0 saturated carbocycles. The van der Waals surface area contributed by atoms with Gasteiger partial charge in [-0.1, -0.05) is 11.8 Å². The van der Waals surface area contributed by atoms with Gasteiger partial charge in [-0.25, -0.2) is 9.97 Å². The predicted octanol–water partition coefficient (Wildman–Crippen LogP) is 2.54. The highest BCUT2D eigenvalue weighted by atomic mass is 32.2. The smallest absolute Gasteiger partial charge is 0.274 e. The summed E-state index contributed by atoms with van der Waals surface area (Å²) in [5.74, 6) is -0.289. The van der Waals surface area contributed by atoms with Crippen LogP contribution in [0.2, 0.25) is 0 Å². The molecule has 0 bridgehead atoms. The predicted molar refractivity (Wildman–Crippen MR) is 107 cm³/mol. The number of nitrogens with zero attached hydrogens (tertiary/aromatic N) is 3. The number of nitrogens with one attached hydrogen (secondary N) is 1. The fourth-order valence-electron chi connectivity index (χ4n) is 3.28. The SMILES string of the molecule is Cn1cccc1C(=O)NC(=O)CSc1nc(N)c2c3c(sc2n1)CCCC3. The quantitative estimate of drug-likeness (QED) is 0.514. The molecule has 9 heteroatoms. The lowest BCUT2D eigenvalue weighted by atomic mass is 9.97. The minimum Gasteiger partial charge on any atom is -0.383 e. The number of hydrogen-bond acceptors (Lipinski definition) is 7. The van der Waals surface area contributed by atoms with Crippen molar-refractivity contribution < 1.29 is 9.59 Å². The average Bonchev–Trinajstić information content (AvgIpc) is 3.23. The highest BCUT2D eigenvalue weighted by Crippen LogP contribution is 2.38. The molecule has 0 atom stereocenters. The number of nitrogen functional groups attached to an aromatic ring is 1. The first-order valence-electron chi connectivity index (χ1n) is 8.69. The molecule has 0 radical (unpaired) electrons. The van der Waals surface area contributed by atoms with E-state index >= 15 is 0 Å². The summed E-state index contributed by atoms with van der Waals surface area (Å²) in [5.41, 5.74) is 7.90. The van der Waals surface area contributed by atoms with Crippen molar-refractivity contribution in [1.29, 1.82) is 0 Å². The van der Waals surface area contributed by atoms with Crippen molar-refractivity contribution in [2.45, 2.75) is 30.8 Å². The lowest BCUT2D eigenvalue weighted by Crippen LogP contribution is -2.33. The Labute approximate surface area is 164 Å². The Balaban J connectivity index is 1.45. The van der Waals surface area contributed by atoms with Gasteiger partial charge >= 0.3 is 0 Å². The summed E-state index contributed by atoms with van der Waals surface area (Å²) in [6, 6.07) is 3.41. The molecule has 0 fully saturated rings. The van der Waals surface area contributed by atoms with E-state index in [1.54, 1.807) is 41.3 Å². The highest BCUT2D eigenvalue weighted by Gasteiger charge is 2.20. The van der Waals surface area contributed by atoms with Crippen LogP contribution in [-0.4, -0.2) is 32.1 Å². The van der Waals surface area contributed by atoms with Crippen LogP contribution in [0.25, 0.3) is 10.2 Å². The molecule has 1 aliphatic carbocycles. The third-order valence-corrected chi connectivity index (χ3v) is 6.62. The summed E-state index contributed by atoms with van der Waals surface area (Å²) < 4.78 is 1.66. The van der Waals surface area contributed by atoms with Gasteiger partial charge in [-0.3, -0.25) is 14.9 Å². The number of fused-ring (bicyclic) bond motifs is 3. The number of rotatable bonds is 4. The van der Waals surface area contributed by atoms with Crippen LogP contribution in [0.5, 0.6) is 0 Å². The van der Waals surface area contributed by atoms with Crippen LogP contribution < -0.4 is 11.1 Å². The fraction of sp³-hybridized carbons (Fsp3) is 0.333. The second-order valence-electron chi connectivity index (χ2n) is 6.45. The van der Waals surface area contributed by atoms with Crippen LogP contribution in [-0.2, 0) is 24.7 Å². The van der Waals surface area contributed by atoms with Gasteiger partial charge in [0.15, 0.2) is 5.16 Å². The van der Waals surface area contributed by atoms with Gasteiger partial charge in [-0.05, 0) is 43.4 Å². The lowest BCUT2D eigenvalue weighted by molar-refractivity contribution is -0.117. The van der Waals surface area contributed by atoms with Crippen LogP contribution in [0.15, 0.2) is 23.5 Å². The van der Waals surface area contributed by atoms with Crippen LogP contribution in [0.3, 0.4) is 0 Å². The van der Waals surface area contributed by atoms with E-state index in [1.807, 2.05) is 0 Å². The highest BCUT2D eigenvalue weighted by molar-refractivity contribution is 7.99. The minimum atomic E-state index is -0.421. The number of anilines is 1. The Morgan fingerprint density at radius 3 is 2.93 bits per heavy atom.